The highest BCUT2D eigenvalue weighted by atomic mass is 16.3. The van der Waals surface area contributed by atoms with Gasteiger partial charge < -0.3 is 10.0 Å². The Bertz CT molecular complexity index is 126. The molecule has 0 heterocycles. The minimum Gasteiger partial charge on any atom is -0.392 e. The van der Waals surface area contributed by atoms with Crippen LogP contribution >= 0.6 is 0 Å². The number of hydrogen-bond donors (Lipinski definition) is 1. The molecule has 64 valence electrons. The first-order valence-electron chi connectivity index (χ1n) is 3.97. The molecule has 0 aromatic carbocycles. The number of nitrogens with zero attached hydrogens (tertiary/aromatic N) is 1. The maximum Gasteiger partial charge on any atom is 0.0638 e. The second-order valence-corrected chi connectivity index (χ2v) is 2.92. The average Bonchev–Trinajstić information content (AvgIpc) is 1.86. The molecule has 0 spiro atoms. The van der Waals surface area contributed by atoms with Crippen molar-refractivity contribution in [2.24, 2.45) is 0 Å². The summed E-state index contributed by atoms with van der Waals surface area (Å²) in [6.07, 6.45) is 6.69. The fraction of sp³-hybridized carbons (Fsp3) is 0.778. The third-order valence-corrected chi connectivity index (χ3v) is 1.44. The Morgan fingerprint density at radius 2 is 2.27 bits per heavy atom. The van der Waals surface area contributed by atoms with Crippen molar-refractivity contribution >= 4 is 0 Å². The van der Waals surface area contributed by atoms with Gasteiger partial charge in [-0.2, -0.15) is 0 Å². The van der Waals surface area contributed by atoms with Gasteiger partial charge >= 0.3 is 0 Å². The van der Waals surface area contributed by atoms with Gasteiger partial charge in [-0.3, -0.25) is 0 Å². The van der Waals surface area contributed by atoms with Gasteiger partial charge in [0.2, 0.25) is 0 Å². The van der Waals surface area contributed by atoms with Crippen molar-refractivity contribution in [3.05, 3.63) is 0 Å². The van der Waals surface area contributed by atoms with Crippen LogP contribution in [0, 0.1) is 12.3 Å². The summed E-state index contributed by atoms with van der Waals surface area (Å²) in [5, 5.41) is 9.00. The molecule has 1 N–H and O–H groups in total. The lowest BCUT2D eigenvalue weighted by Crippen LogP contribution is -2.27. The van der Waals surface area contributed by atoms with Crippen LogP contribution in [0.15, 0.2) is 0 Å². The Balaban J connectivity index is 3.24. The van der Waals surface area contributed by atoms with Crippen molar-refractivity contribution in [3.63, 3.8) is 0 Å². The molecule has 2 nitrogen and oxygen atoms in total. The highest BCUT2D eigenvalue weighted by molar-refractivity contribution is 4.83. The van der Waals surface area contributed by atoms with Crippen molar-refractivity contribution < 1.29 is 5.11 Å². The van der Waals surface area contributed by atoms with Gasteiger partial charge in [0.1, 0.15) is 0 Å². The third-order valence-electron chi connectivity index (χ3n) is 1.44. The summed E-state index contributed by atoms with van der Waals surface area (Å²) < 4.78 is 0. The smallest absolute Gasteiger partial charge is 0.0638 e. The molecule has 0 bridgehead atoms. The third kappa shape index (κ3) is 7.38. The summed E-state index contributed by atoms with van der Waals surface area (Å²) in [4.78, 5) is 2.09. The van der Waals surface area contributed by atoms with Crippen molar-refractivity contribution in [1.82, 2.24) is 4.90 Å². The Labute approximate surface area is 69.2 Å². The van der Waals surface area contributed by atoms with Gasteiger partial charge in [-0.25, -0.2) is 0 Å². The van der Waals surface area contributed by atoms with Crippen molar-refractivity contribution in [2.45, 2.75) is 25.9 Å². The standard InChI is InChI=1S/C9H17NO/c1-4-5-6-7-10(3)8-9(2)11/h1,9,11H,5-8H2,2-3H3. The average molecular weight is 155 g/mol. The number of aliphatic hydroxyl groups excluding tert-OH is 1. The van der Waals surface area contributed by atoms with E-state index in [-0.39, 0.29) is 6.10 Å². The molecule has 0 aliphatic heterocycles. The molecule has 2 heteroatoms. The number of terminal acetylenes is 1. The van der Waals surface area contributed by atoms with Gasteiger partial charge in [0.05, 0.1) is 6.10 Å². The van der Waals surface area contributed by atoms with E-state index in [2.05, 4.69) is 10.8 Å². The summed E-state index contributed by atoms with van der Waals surface area (Å²) in [7, 11) is 1.99. The van der Waals surface area contributed by atoms with E-state index in [0.29, 0.717) is 0 Å². The zero-order valence-corrected chi connectivity index (χ0v) is 7.38. The van der Waals surface area contributed by atoms with E-state index in [1.165, 1.54) is 0 Å². The van der Waals surface area contributed by atoms with E-state index >= 15 is 0 Å². The van der Waals surface area contributed by atoms with Crippen LogP contribution in [0.2, 0.25) is 0 Å². The predicted octanol–water partition coefficient (Wildman–Crippen LogP) is 0.712. The molecule has 0 radical (unpaired) electrons. The first-order valence-corrected chi connectivity index (χ1v) is 3.97. The highest BCUT2D eigenvalue weighted by Gasteiger charge is 2.00. The highest BCUT2D eigenvalue weighted by Crippen LogP contribution is 1.92. The van der Waals surface area contributed by atoms with Crippen LogP contribution in [0.1, 0.15) is 19.8 Å². The number of likely N-dealkylation sites (N-methyl/N-ethyl adjacent to an activating group) is 1. The number of unbranched alkanes of at least 4 members (excludes halogenated alkanes) is 1. The zero-order chi connectivity index (χ0) is 8.69. The summed E-state index contributed by atoms with van der Waals surface area (Å²) in [5.41, 5.74) is 0. The van der Waals surface area contributed by atoms with Crippen LogP contribution in [-0.2, 0) is 0 Å². The molecule has 0 aliphatic rings. The van der Waals surface area contributed by atoms with Crippen LogP contribution in [0.5, 0.6) is 0 Å². The van der Waals surface area contributed by atoms with E-state index in [1.54, 1.807) is 6.92 Å². The quantitative estimate of drug-likeness (QED) is 0.467. The van der Waals surface area contributed by atoms with Gasteiger partial charge in [0, 0.05) is 13.0 Å². The van der Waals surface area contributed by atoms with Crippen LogP contribution in [0.3, 0.4) is 0 Å². The number of rotatable bonds is 5. The molecular formula is C9H17NO. The van der Waals surface area contributed by atoms with Crippen molar-refractivity contribution in [1.29, 1.82) is 0 Å². The normalized spacial score (nSPS) is 13.0. The maximum atomic E-state index is 9.00. The number of hydrogen-bond acceptors (Lipinski definition) is 2. The lowest BCUT2D eigenvalue weighted by Gasteiger charge is -2.17. The van der Waals surface area contributed by atoms with E-state index in [0.717, 1.165) is 25.9 Å². The van der Waals surface area contributed by atoms with Crippen molar-refractivity contribution in [3.8, 4) is 12.3 Å². The van der Waals surface area contributed by atoms with E-state index in [4.69, 9.17) is 11.5 Å². The van der Waals surface area contributed by atoms with Crippen molar-refractivity contribution in [2.75, 3.05) is 20.1 Å². The minimum atomic E-state index is -0.245. The molecule has 0 fully saturated rings. The molecule has 0 aromatic heterocycles. The summed E-state index contributed by atoms with van der Waals surface area (Å²) >= 11 is 0. The fourth-order valence-corrected chi connectivity index (χ4v) is 0.993. The van der Waals surface area contributed by atoms with Crippen LogP contribution < -0.4 is 0 Å². The molecule has 0 aliphatic carbocycles. The molecule has 1 atom stereocenters. The Kier molecular flexibility index (Phi) is 5.91. The molecule has 1 unspecified atom stereocenters. The second-order valence-electron chi connectivity index (χ2n) is 2.92. The van der Waals surface area contributed by atoms with E-state index < -0.39 is 0 Å². The number of aliphatic hydroxyl groups is 1. The molecule has 0 saturated heterocycles. The Morgan fingerprint density at radius 1 is 1.64 bits per heavy atom. The molecular weight excluding hydrogens is 138 g/mol. The van der Waals surface area contributed by atoms with Gasteiger partial charge in [-0.05, 0) is 26.9 Å². The predicted molar refractivity (Wildman–Crippen MR) is 47.2 cm³/mol. The molecule has 11 heavy (non-hydrogen) atoms. The van der Waals surface area contributed by atoms with E-state index in [9.17, 15) is 0 Å². The lowest BCUT2D eigenvalue weighted by atomic mass is 10.3. The van der Waals surface area contributed by atoms with Crippen LogP contribution in [0.25, 0.3) is 0 Å². The second kappa shape index (κ2) is 6.21. The summed E-state index contributed by atoms with van der Waals surface area (Å²) in [5.74, 6) is 2.59. The lowest BCUT2D eigenvalue weighted by molar-refractivity contribution is 0.141. The molecule has 0 rings (SSSR count). The topological polar surface area (TPSA) is 23.5 Å². The van der Waals surface area contributed by atoms with Crippen LogP contribution in [-0.4, -0.2) is 36.2 Å². The largest absolute Gasteiger partial charge is 0.392 e. The monoisotopic (exact) mass is 155 g/mol. The Morgan fingerprint density at radius 3 is 2.73 bits per heavy atom. The SMILES string of the molecule is C#CCCCN(C)CC(C)O. The van der Waals surface area contributed by atoms with Gasteiger partial charge in [0.25, 0.3) is 0 Å². The van der Waals surface area contributed by atoms with E-state index in [1.807, 2.05) is 7.05 Å². The van der Waals surface area contributed by atoms with Crippen LogP contribution in [0.4, 0.5) is 0 Å². The van der Waals surface area contributed by atoms with Gasteiger partial charge in [0.15, 0.2) is 0 Å². The summed E-state index contributed by atoms with van der Waals surface area (Å²) in [6, 6.07) is 0. The zero-order valence-electron chi connectivity index (χ0n) is 7.38. The Hall–Kier alpha value is -0.520. The molecule has 0 saturated carbocycles. The molecule has 0 aromatic rings. The maximum absolute atomic E-state index is 9.00. The van der Waals surface area contributed by atoms with Gasteiger partial charge in [-0.15, -0.1) is 12.3 Å². The molecule has 0 amide bonds. The first kappa shape index (κ1) is 10.5. The fourth-order valence-electron chi connectivity index (χ4n) is 0.993. The minimum absolute atomic E-state index is 0.245. The summed E-state index contributed by atoms with van der Waals surface area (Å²) in [6.45, 7) is 3.48. The van der Waals surface area contributed by atoms with Gasteiger partial charge in [-0.1, -0.05) is 0 Å². The first-order chi connectivity index (χ1) is 5.16.